The molecule has 1 amide bonds. The summed E-state index contributed by atoms with van der Waals surface area (Å²) in [6, 6.07) is 2.14. The van der Waals surface area contributed by atoms with E-state index in [1.54, 1.807) is 11.3 Å². The Balaban J connectivity index is 1.77. The Kier molecular flexibility index (Phi) is 3.87. The molecular formula is C16H23NO2S. The number of morpholine rings is 1. The van der Waals surface area contributed by atoms with Crippen LogP contribution in [0.2, 0.25) is 0 Å². The number of ether oxygens (including phenoxy) is 1. The van der Waals surface area contributed by atoms with E-state index in [0.717, 1.165) is 23.6 Å². The largest absolute Gasteiger partial charge is 0.372 e. The fraction of sp³-hybridized carbons (Fsp3) is 0.688. The van der Waals surface area contributed by atoms with Crippen molar-refractivity contribution in [1.29, 1.82) is 0 Å². The predicted molar refractivity (Wildman–Crippen MR) is 81.4 cm³/mol. The first-order valence-electron chi connectivity index (χ1n) is 7.59. The van der Waals surface area contributed by atoms with Crippen LogP contribution >= 0.6 is 11.3 Å². The normalized spacial score (nSPS) is 30.1. The molecule has 0 bridgehead atoms. The van der Waals surface area contributed by atoms with Crippen molar-refractivity contribution in [2.24, 2.45) is 5.92 Å². The third-order valence-electron chi connectivity index (χ3n) is 4.25. The van der Waals surface area contributed by atoms with E-state index in [-0.39, 0.29) is 18.1 Å². The van der Waals surface area contributed by atoms with Gasteiger partial charge >= 0.3 is 0 Å². The second-order valence-electron chi connectivity index (χ2n) is 6.37. The molecule has 1 saturated heterocycles. The molecule has 0 N–H and O–H groups in total. The van der Waals surface area contributed by atoms with Gasteiger partial charge < -0.3 is 9.64 Å². The molecule has 0 saturated carbocycles. The molecule has 4 heteroatoms. The lowest BCUT2D eigenvalue weighted by Gasteiger charge is -2.35. The molecule has 0 radical (unpaired) electrons. The lowest BCUT2D eigenvalue weighted by atomic mass is 9.90. The summed E-state index contributed by atoms with van der Waals surface area (Å²) in [6.45, 7) is 7.80. The second kappa shape index (κ2) is 5.49. The first-order chi connectivity index (χ1) is 9.52. The van der Waals surface area contributed by atoms with Crippen molar-refractivity contribution in [3.05, 3.63) is 21.4 Å². The molecule has 3 unspecified atom stereocenters. The van der Waals surface area contributed by atoms with Crippen LogP contribution in [0.5, 0.6) is 0 Å². The minimum atomic E-state index is 0.136. The van der Waals surface area contributed by atoms with Crippen molar-refractivity contribution in [1.82, 2.24) is 4.90 Å². The minimum Gasteiger partial charge on any atom is -0.372 e. The lowest BCUT2D eigenvalue weighted by molar-refractivity contribution is -0.0585. The zero-order valence-electron chi connectivity index (χ0n) is 12.5. The van der Waals surface area contributed by atoms with Gasteiger partial charge in [-0.2, -0.15) is 0 Å². The highest BCUT2D eigenvalue weighted by Crippen LogP contribution is 2.33. The summed E-state index contributed by atoms with van der Waals surface area (Å²) in [5.41, 5.74) is 1.41. The molecule has 3 rings (SSSR count). The average molecular weight is 293 g/mol. The van der Waals surface area contributed by atoms with Crippen molar-refractivity contribution in [3.8, 4) is 0 Å². The summed E-state index contributed by atoms with van der Waals surface area (Å²) in [5, 5.41) is 0. The number of aryl methyl sites for hydroxylation is 1. The van der Waals surface area contributed by atoms with E-state index < -0.39 is 0 Å². The van der Waals surface area contributed by atoms with Crippen molar-refractivity contribution < 1.29 is 9.53 Å². The van der Waals surface area contributed by atoms with E-state index in [2.05, 4.69) is 13.0 Å². The maximum Gasteiger partial charge on any atom is 0.264 e. The standard InChI is InChI=1S/C16H23NO2S/c1-10-4-5-14-13(6-10)7-15(20-14)16(18)17-8-11(2)19-12(3)9-17/h7,10-12H,4-6,8-9H2,1-3H3. The summed E-state index contributed by atoms with van der Waals surface area (Å²) in [5.74, 6) is 0.947. The third kappa shape index (κ3) is 2.77. The second-order valence-corrected chi connectivity index (χ2v) is 7.51. The molecule has 3 nitrogen and oxygen atoms in total. The molecule has 2 aliphatic rings. The van der Waals surface area contributed by atoms with Crippen LogP contribution in [0, 0.1) is 5.92 Å². The Labute approximate surface area is 124 Å². The fourth-order valence-corrected chi connectivity index (χ4v) is 4.49. The molecule has 2 heterocycles. The Morgan fingerprint density at radius 1 is 1.30 bits per heavy atom. The molecule has 0 aromatic carbocycles. The highest BCUT2D eigenvalue weighted by atomic mass is 32.1. The van der Waals surface area contributed by atoms with Gasteiger partial charge in [0, 0.05) is 18.0 Å². The quantitative estimate of drug-likeness (QED) is 0.796. The van der Waals surface area contributed by atoms with Gasteiger partial charge in [0.2, 0.25) is 0 Å². The van der Waals surface area contributed by atoms with E-state index in [0.29, 0.717) is 13.1 Å². The lowest BCUT2D eigenvalue weighted by Crippen LogP contribution is -2.48. The number of nitrogens with zero attached hydrogens (tertiary/aromatic N) is 1. The van der Waals surface area contributed by atoms with Crippen LogP contribution in [-0.2, 0) is 17.6 Å². The van der Waals surface area contributed by atoms with E-state index in [1.807, 2.05) is 18.7 Å². The monoisotopic (exact) mass is 293 g/mol. The first kappa shape index (κ1) is 14.1. The number of thiophene rings is 1. The molecule has 20 heavy (non-hydrogen) atoms. The molecule has 110 valence electrons. The number of carbonyl (C=O) groups is 1. The third-order valence-corrected chi connectivity index (χ3v) is 5.47. The van der Waals surface area contributed by atoms with Gasteiger partial charge in [0.25, 0.3) is 5.91 Å². The Bertz CT molecular complexity index is 501. The van der Waals surface area contributed by atoms with Crippen molar-refractivity contribution in [3.63, 3.8) is 0 Å². The van der Waals surface area contributed by atoms with Gasteiger partial charge in [-0.05, 0) is 50.7 Å². The Morgan fingerprint density at radius 2 is 2.00 bits per heavy atom. The molecule has 1 fully saturated rings. The zero-order valence-corrected chi connectivity index (χ0v) is 13.3. The first-order valence-corrected chi connectivity index (χ1v) is 8.41. The van der Waals surface area contributed by atoms with Gasteiger partial charge in [0.15, 0.2) is 0 Å². The minimum absolute atomic E-state index is 0.136. The maximum atomic E-state index is 12.7. The van der Waals surface area contributed by atoms with Crippen LogP contribution in [0.3, 0.4) is 0 Å². The zero-order chi connectivity index (χ0) is 14.3. The molecular weight excluding hydrogens is 270 g/mol. The number of fused-ring (bicyclic) bond motifs is 1. The Hall–Kier alpha value is -0.870. The predicted octanol–water partition coefficient (Wildman–Crippen LogP) is 3.12. The SMILES string of the molecule is CC1CCc2sc(C(=O)N3CC(C)OC(C)C3)cc2C1. The van der Waals surface area contributed by atoms with E-state index in [1.165, 1.54) is 16.9 Å². The topological polar surface area (TPSA) is 29.5 Å². The number of hydrogen-bond acceptors (Lipinski definition) is 3. The van der Waals surface area contributed by atoms with Gasteiger partial charge in [-0.3, -0.25) is 4.79 Å². The van der Waals surface area contributed by atoms with Crippen molar-refractivity contribution in [2.75, 3.05) is 13.1 Å². The van der Waals surface area contributed by atoms with Crippen molar-refractivity contribution in [2.45, 2.75) is 52.2 Å². The van der Waals surface area contributed by atoms with Gasteiger partial charge in [-0.15, -0.1) is 11.3 Å². The van der Waals surface area contributed by atoms with Gasteiger partial charge in [0.1, 0.15) is 0 Å². The molecule has 1 aliphatic carbocycles. The number of amides is 1. The van der Waals surface area contributed by atoms with Crippen LogP contribution in [0.15, 0.2) is 6.07 Å². The van der Waals surface area contributed by atoms with Gasteiger partial charge in [0.05, 0.1) is 17.1 Å². The van der Waals surface area contributed by atoms with Gasteiger partial charge in [-0.1, -0.05) is 6.92 Å². The smallest absolute Gasteiger partial charge is 0.264 e. The Morgan fingerprint density at radius 3 is 2.70 bits per heavy atom. The fourth-order valence-electron chi connectivity index (χ4n) is 3.31. The molecule has 1 aliphatic heterocycles. The van der Waals surface area contributed by atoms with E-state index in [4.69, 9.17) is 4.74 Å². The molecule has 0 spiro atoms. The molecule has 1 aromatic rings. The maximum absolute atomic E-state index is 12.7. The van der Waals surface area contributed by atoms with Crippen LogP contribution < -0.4 is 0 Å². The van der Waals surface area contributed by atoms with Crippen molar-refractivity contribution >= 4 is 17.2 Å². The van der Waals surface area contributed by atoms with E-state index >= 15 is 0 Å². The van der Waals surface area contributed by atoms with Crippen LogP contribution in [0.4, 0.5) is 0 Å². The summed E-state index contributed by atoms with van der Waals surface area (Å²) in [4.78, 5) is 17.0. The molecule has 1 aromatic heterocycles. The molecule has 3 atom stereocenters. The van der Waals surface area contributed by atoms with Crippen LogP contribution in [0.1, 0.15) is 47.3 Å². The highest BCUT2D eigenvalue weighted by Gasteiger charge is 2.28. The average Bonchev–Trinajstić information content (AvgIpc) is 2.79. The summed E-state index contributed by atoms with van der Waals surface area (Å²) < 4.78 is 5.71. The van der Waals surface area contributed by atoms with E-state index in [9.17, 15) is 4.79 Å². The summed E-state index contributed by atoms with van der Waals surface area (Å²) in [7, 11) is 0. The summed E-state index contributed by atoms with van der Waals surface area (Å²) in [6.07, 6.45) is 3.81. The van der Waals surface area contributed by atoms with Gasteiger partial charge in [-0.25, -0.2) is 0 Å². The highest BCUT2D eigenvalue weighted by molar-refractivity contribution is 7.14. The number of hydrogen-bond donors (Lipinski definition) is 0. The van der Waals surface area contributed by atoms with Crippen LogP contribution in [-0.4, -0.2) is 36.1 Å². The number of carbonyl (C=O) groups excluding carboxylic acids is 1. The summed E-state index contributed by atoms with van der Waals surface area (Å²) >= 11 is 1.71. The number of rotatable bonds is 1. The van der Waals surface area contributed by atoms with Crippen LogP contribution in [0.25, 0.3) is 0 Å².